The van der Waals surface area contributed by atoms with E-state index in [-0.39, 0.29) is 5.82 Å². The minimum absolute atomic E-state index is 0.179. The summed E-state index contributed by atoms with van der Waals surface area (Å²) in [5.74, 6) is 0.531. The third-order valence-electron chi connectivity index (χ3n) is 6.03. The van der Waals surface area contributed by atoms with E-state index in [0.717, 1.165) is 37.1 Å². The number of aromatic nitrogens is 2. The molecular formula is C22H29ClFN5O. The summed E-state index contributed by atoms with van der Waals surface area (Å²) in [6.45, 7) is 1.68. The lowest BCUT2D eigenvalue weighted by Gasteiger charge is -2.33. The van der Waals surface area contributed by atoms with Crippen LogP contribution in [0, 0.1) is 5.82 Å². The molecule has 4 N–H and O–H groups in total. The number of nitrogens with zero attached hydrogens (tertiary/aromatic N) is 2. The van der Waals surface area contributed by atoms with Crippen molar-refractivity contribution >= 4 is 23.2 Å². The number of nitrogens with two attached hydrogens (primary N) is 1. The molecule has 8 heteroatoms. The van der Waals surface area contributed by atoms with E-state index in [0.29, 0.717) is 36.5 Å². The summed E-state index contributed by atoms with van der Waals surface area (Å²) in [5, 5.41) is 7.07. The molecule has 0 bridgehead atoms. The largest absolute Gasteiger partial charge is 0.381 e. The van der Waals surface area contributed by atoms with Crippen LogP contribution in [0.1, 0.15) is 44.9 Å². The molecule has 0 amide bonds. The molecule has 2 fully saturated rings. The van der Waals surface area contributed by atoms with E-state index in [4.69, 9.17) is 22.1 Å². The van der Waals surface area contributed by atoms with Crippen LogP contribution in [0.4, 0.5) is 16.0 Å². The highest BCUT2D eigenvalue weighted by molar-refractivity contribution is 6.33. The van der Waals surface area contributed by atoms with Crippen LogP contribution in [0.25, 0.3) is 11.3 Å². The van der Waals surface area contributed by atoms with Crippen LogP contribution >= 0.6 is 11.6 Å². The molecule has 4 rings (SSSR count). The second kappa shape index (κ2) is 9.45. The van der Waals surface area contributed by atoms with Crippen LogP contribution in [0.15, 0.2) is 24.4 Å². The third-order valence-corrected chi connectivity index (χ3v) is 6.33. The molecule has 1 saturated carbocycles. The van der Waals surface area contributed by atoms with Crippen molar-refractivity contribution in [2.75, 3.05) is 30.4 Å². The minimum atomic E-state index is -0.423. The second-order valence-corrected chi connectivity index (χ2v) is 8.79. The molecule has 0 spiro atoms. The van der Waals surface area contributed by atoms with Gasteiger partial charge in [0.2, 0.25) is 0 Å². The number of nitrogens with one attached hydrogen (secondary N) is 2. The Hall–Kier alpha value is -1.96. The van der Waals surface area contributed by atoms with E-state index in [1.54, 1.807) is 12.3 Å². The maximum Gasteiger partial charge on any atom is 0.165 e. The van der Waals surface area contributed by atoms with Gasteiger partial charge >= 0.3 is 0 Å². The predicted octanol–water partition coefficient (Wildman–Crippen LogP) is 4.60. The van der Waals surface area contributed by atoms with E-state index in [9.17, 15) is 4.39 Å². The fraction of sp³-hybridized carbons (Fsp3) is 0.545. The Morgan fingerprint density at radius 1 is 1.20 bits per heavy atom. The highest BCUT2D eigenvalue weighted by Gasteiger charge is 2.28. The summed E-state index contributed by atoms with van der Waals surface area (Å²) in [4.78, 5) is 8.91. The summed E-state index contributed by atoms with van der Waals surface area (Å²) in [7, 11) is 0. The molecule has 6 nitrogen and oxygen atoms in total. The van der Waals surface area contributed by atoms with Crippen LogP contribution in [0.2, 0.25) is 5.02 Å². The Kier molecular flexibility index (Phi) is 6.71. The molecule has 1 aliphatic carbocycles. The van der Waals surface area contributed by atoms with E-state index in [1.165, 1.54) is 25.3 Å². The van der Waals surface area contributed by atoms with Gasteiger partial charge in [-0.1, -0.05) is 30.9 Å². The van der Waals surface area contributed by atoms with Gasteiger partial charge < -0.3 is 21.1 Å². The number of halogens is 2. The van der Waals surface area contributed by atoms with E-state index in [1.807, 2.05) is 6.07 Å². The van der Waals surface area contributed by atoms with Crippen LogP contribution in [0.5, 0.6) is 0 Å². The first-order chi connectivity index (χ1) is 14.5. The average molecular weight is 434 g/mol. The number of pyridine rings is 2. The van der Waals surface area contributed by atoms with Crippen molar-refractivity contribution in [3.8, 4) is 11.3 Å². The monoisotopic (exact) mass is 433 g/mol. The number of hydrogen-bond donors (Lipinski definition) is 3. The highest BCUT2D eigenvalue weighted by Crippen LogP contribution is 2.31. The SMILES string of the molecule is NC1(CNc2nc(-c3cc(NC4CCCCC4)ncc3Cl)ccc2F)CCOCC1. The van der Waals surface area contributed by atoms with Gasteiger partial charge in [-0.3, -0.25) is 0 Å². The molecule has 1 saturated heterocycles. The third kappa shape index (κ3) is 5.20. The molecule has 0 aromatic carbocycles. The number of hydrogen-bond acceptors (Lipinski definition) is 6. The van der Waals surface area contributed by atoms with Crippen LogP contribution in [0.3, 0.4) is 0 Å². The van der Waals surface area contributed by atoms with Gasteiger partial charge in [0.05, 0.1) is 10.7 Å². The molecule has 0 unspecified atom stereocenters. The summed E-state index contributed by atoms with van der Waals surface area (Å²) in [6, 6.07) is 5.37. The van der Waals surface area contributed by atoms with Crippen molar-refractivity contribution in [3.05, 3.63) is 35.2 Å². The quantitative estimate of drug-likeness (QED) is 0.617. The first-order valence-electron chi connectivity index (χ1n) is 10.7. The first kappa shape index (κ1) is 21.3. The fourth-order valence-electron chi connectivity index (χ4n) is 4.10. The van der Waals surface area contributed by atoms with Gasteiger partial charge in [-0.15, -0.1) is 0 Å². The minimum Gasteiger partial charge on any atom is -0.381 e. The molecule has 0 radical (unpaired) electrons. The lowest BCUT2D eigenvalue weighted by Crippen LogP contribution is -2.50. The Balaban J connectivity index is 1.51. The van der Waals surface area contributed by atoms with Crippen LogP contribution < -0.4 is 16.4 Å². The zero-order valence-corrected chi connectivity index (χ0v) is 17.8. The summed E-state index contributed by atoms with van der Waals surface area (Å²) in [6.07, 6.45) is 9.15. The number of anilines is 2. The van der Waals surface area contributed by atoms with Gasteiger partial charge in [0.1, 0.15) is 5.82 Å². The Morgan fingerprint density at radius 2 is 1.97 bits per heavy atom. The number of ether oxygens (including phenoxy) is 1. The smallest absolute Gasteiger partial charge is 0.165 e. The van der Waals surface area contributed by atoms with E-state index in [2.05, 4.69) is 20.6 Å². The molecule has 2 aliphatic rings. The maximum atomic E-state index is 14.4. The number of rotatable bonds is 6. The topological polar surface area (TPSA) is 85.1 Å². The van der Waals surface area contributed by atoms with Gasteiger partial charge in [-0.25, -0.2) is 14.4 Å². The lowest BCUT2D eigenvalue weighted by atomic mass is 9.91. The molecular weight excluding hydrogens is 405 g/mol. The van der Waals surface area contributed by atoms with Gasteiger partial charge in [-0.05, 0) is 43.9 Å². The van der Waals surface area contributed by atoms with Gasteiger partial charge in [0, 0.05) is 43.1 Å². The summed E-state index contributed by atoms with van der Waals surface area (Å²) < 4.78 is 19.8. The summed E-state index contributed by atoms with van der Waals surface area (Å²) in [5.41, 5.74) is 7.30. The van der Waals surface area contributed by atoms with Crippen molar-refractivity contribution in [1.29, 1.82) is 0 Å². The first-order valence-corrected chi connectivity index (χ1v) is 11.1. The van der Waals surface area contributed by atoms with Crippen molar-refractivity contribution in [3.63, 3.8) is 0 Å². The van der Waals surface area contributed by atoms with Gasteiger partial charge in [0.25, 0.3) is 0 Å². The van der Waals surface area contributed by atoms with Crippen LogP contribution in [-0.2, 0) is 4.74 Å². The standard InChI is InChI=1S/C22H29ClFN5O/c23-17-13-26-20(28-15-4-2-1-3-5-15)12-16(17)19-7-6-18(24)21(29-19)27-14-22(25)8-10-30-11-9-22/h6-7,12-13,15H,1-5,8-11,14,25H2,(H,26,28)(H,27,29). The molecule has 3 heterocycles. The zero-order valence-electron chi connectivity index (χ0n) is 17.1. The van der Waals surface area contributed by atoms with E-state index >= 15 is 0 Å². The van der Waals surface area contributed by atoms with Gasteiger partial charge in [-0.2, -0.15) is 0 Å². The predicted molar refractivity (Wildman–Crippen MR) is 118 cm³/mol. The highest BCUT2D eigenvalue weighted by atomic mass is 35.5. The molecule has 1 aliphatic heterocycles. The molecule has 30 heavy (non-hydrogen) atoms. The summed E-state index contributed by atoms with van der Waals surface area (Å²) >= 11 is 6.41. The van der Waals surface area contributed by atoms with E-state index < -0.39 is 11.4 Å². The van der Waals surface area contributed by atoms with Gasteiger partial charge in [0.15, 0.2) is 11.6 Å². The molecule has 2 aromatic rings. The van der Waals surface area contributed by atoms with Crippen LogP contribution in [-0.4, -0.2) is 41.3 Å². The molecule has 2 aromatic heterocycles. The second-order valence-electron chi connectivity index (χ2n) is 8.38. The fourth-order valence-corrected chi connectivity index (χ4v) is 4.30. The van der Waals surface area contributed by atoms with Crippen molar-refractivity contribution in [1.82, 2.24) is 9.97 Å². The maximum absolute atomic E-state index is 14.4. The zero-order chi connectivity index (χ0) is 21.0. The normalized spacial score (nSPS) is 19.4. The average Bonchev–Trinajstić information content (AvgIpc) is 2.76. The Bertz CT molecular complexity index is 869. The van der Waals surface area contributed by atoms with Crippen molar-refractivity contribution in [2.24, 2.45) is 5.73 Å². The Labute approximate surface area is 181 Å². The Morgan fingerprint density at radius 3 is 2.73 bits per heavy atom. The lowest BCUT2D eigenvalue weighted by molar-refractivity contribution is 0.0574. The molecule has 162 valence electrons. The van der Waals surface area contributed by atoms with Crippen molar-refractivity contribution < 1.29 is 9.13 Å². The van der Waals surface area contributed by atoms with Crippen molar-refractivity contribution in [2.45, 2.75) is 56.5 Å². The molecule has 0 atom stereocenters.